The molecular weight excluding hydrogens is 354 g/mol. The van der Waals surface area contributed by atoms with Crippen LogP contribution in [0.5, 0.6) is 0 Å². The molecule has 7 heteroatoms. The summed E-state index contributed by atoms with van der Waals surface area (Å²) in [4.78, 5) is 18.7. The molecule has 0 heterocycles. The Morgan fingerprint density at radius 1 is 1.29 bits per heavy atom. The largest absolute Gasteiger partial charge is 0.385 e. The van der Waals surface area contributed by atoms with Crippen molar-refractivity contribution in [3.05, 3.63) is 29.8 Å². The van der Waals surface area contributed by atoms with Gasteiger partial charge in [-0.3, -0.25) is 9.79 Å². The lowest BCUT2D eigenvalue weighted by Gasteiger charge is -2.24. The number of anilines is 1. The molecule has 7 nitrogen and oxygen atoms in total. The maximum atomic E-state index is 12.1. The second kappa shape index (κ2) is 12.4. The van der Waals surface area contributed by atoms with Crippen molar-refractivity contribution >= 4 is 17.6 Å². The number of aliphatic imine (C=N–C) groups is 1. The highest BCUT2D eigenvalue weighted by molar-refractivity contribution is 5.93. The lowest BCUT2D eigenvalue weighted by Crippen LogP contribution is -2.40. The Balaban J connectivity index is 1.70. The third-order valence-electron chi connectivity index (χ3n) is 5.03. The van der Waals surface area contributed by atoms with Crippen molar-refractivity contribution in [1.29, 1.82) is 0 Å². The van der Waals surface area contributed by atoms with Crippen LogP contribution in [0.1, 0.15) is 31.2 Å². The predicted octanol–water partition coefficient (Wildman–Crippen LogP) is 2.06. The third kappa shape index (κ3) is 7.86. The minimum Gasteiger partial charge on any atom is -0.385 e. The van der Waals surface area contributed by atoms with Crippen LogP contribution in [0.3, 0.4) is 0 Å². The number of carbonyl (C=O) groups is 1. The van der Waals surface area contributed by atoms with Gasteiger partial charge in [-0.15, -0.1) is 0 Å². The zero-order valence-electron chi connectivity index (χ0n) is 17.5. The van der Waals surface area contributed by atoms with E-state index in [0.717, 1.165) is 69.1 Å². The number of methoxy groups -OCH3 is 1. The number of rotatable bonds is 11. The minimum atomic E-state index is 0.142. The monoisotopic (exact) mass is 389 g/mol. The topological polar surface area (TPSA) is 78.0 Å². The van der Waals surface area contributed by atoms with Crippen LogP contribution >= 0.6 is 0 Å². The Bertz CT molecular complexity index is 631. The number of hydrogen-bond donors (Lipinski definition) is 3. The molecule has 1 aliphatic carbocycles. The van der Waals surface area contributed by atoms with Crippen LogP contribution in [-0.2, 0) is 16.1 Å². The van der Waals surface area contributed by atoms with Crippen LogP contribution in [-0.4, -0.2) is 64.2 Å². The van der Waals surface area contributed by atoms with Gasteiger partial charge in [-0.2, -0.15) is 0 Å². The molecule has 0 bridgehead atoms. The van der Waals surface area contributed by atoms with Crippen molar-refractivity contribution in [3.8, 4) is 0 Å². The Morgan fingerprint density at radius 2 is 2.11 bits per heavy atom. The van der Waals surface area contributed by atoms with Crippen LogP contribution in [0.15, 0.2) is 29.3 Å². The maximum absolute atomic E-state index is 12.1. The van der Waals surface area contributed by atoms with Gasteiger partial charge < -0.3 is 25.6 Å². The minimum absolute atomic E-state index is 0.142. The molecule has 0 aliphatic heterocycles. The van der Waals surface area contributed by atoms with E-state index in [-0.39, 0.29) is 11.8 Å². The lowest BCUT2D eigenvalue weighted by atomic mass is 9.85. The summed E-state index contributed by atoms with van der Waals surface area (Å²) < 4.78 is 5.08. The summed E-state index contributed by atoms with van der Waals surface area (Å²) in [7, 11) is 5.61. The SMILES string of the molecule is CN=C(NCCN(C)CCCOC)NCc1cccc(NC(=O)C2CCC2)c1. The highest BCUT2D eigenvalue weighted by Gasteiger charge is 2.25. The molecule has 0 saturated heterocycles. The number of nitrogens with zero attached hydrogens (tertiary/aromatic N) is 2. The van der Waals surface area contributed by atoms with Gasteiger partial charge in [-0.05, 0) is 44.0 Å². The lowest BCUT2D eigenvalue weighted by molar-refractivity contribution is -0.122. The van der Waals surface area contributed by atoms with Gasteiger partial charge in [0, 0.05) is 58.5 Å². The average Bonchev–Trinajstić information content (AvgIpc) is 2.63. The molecule has 0 unspecified atom stereocenters. The van der Waals surface area contributed by atoms with Gasteiger partial charge in [0.2, 0.25) is 5.91 Å². The summed E-state index contributed by atoms with van der Waals surface area (Å²) in [6.07, 6.45) is 4.22. The number of likely N-dealkylation sites (N-methyl/N-ethyl adjacent to an activating group) is 1. The molecule has 0 aromatic heterocycles. The molecule has 2 rings (SSSR count). The zero-order valence-corrected chi connectivity index (χ0v) is 17.5. The first-order valence-corrected chi connectivity index (χ1v) is 10.1. The quantitative estimate of drug-likeness (QED) is 0.307. The average molecular weight is 390 g/mol. The molecule has 1 aromatic rings. The van der Waals surface area contributed by atoms with Crippen LogP contribution in [0, 0.1) is 5.92 Å². The van der Waals surface area contributed by atoms with Gasteiger partial charge in [0.25, 0.3) is 0 Å². The van der Waals surface area contributed by atoms with Crippen LogP contribution in [0.25, 0.3) is 0 Å². The number of carbonyl (C=O) groups excluding carboxylic acids is 1. The second-order valence-electron chi connectivity index (χ2n) is 7.32. The van der Waals surface area contributed by atoms with Crippen LogP contribution in [0.2, 0.25) is 0 Å². The van der Waals surface area contributed by atoms with E-state index in [2.05, 4.69) is 32.9 Å². The van der Waals surface area contributed by atoms with Crippen molar-refractivity contribution in [1.82, 2.24) is 15.5 Å². The fourth-order valence-electron chi connectivity index (χ4n) is 3.04. The van der Waals surface area contributed by atoms with Crippen molar-refractivity contribution in [3.63, 3.8) is 0 Å². The summed E-state index contributed by atoms with van der Waals surface area (Å²) in [5.41, 5.74) is 1.96. The molecule has 156 valence electrons. The molecule has 0 radical (unpaired) electrons. The smallest absolute Gasteiger partial charge is 0.227 e. The molecule has 0 spiro atoms. The number of amides is 1. The number of ether oxygens (including phenoxy) is 1. The van der Waals surface area contributed by atoms with Gasteiger partial charge in [-0.25, -0.2) is 0 Å². The van der Waals surface area contributed by atoms with Gasteiger partial charge >= 0.3 is 0 Å². The molecule has 1 fully saturated rings. The molecular formula is C21H35N5O2. The number of nitrogens with one attached hydrogen (secondary N) is 3. The van der Waals surface area contributed by atoms with Gasteiger partial charge in [-0.1, -0.05) is 18.6 Å². The van der Waals surface area contributed by atoms with Crippen LogP contribution < -0.4 is 16.0 Å². The first kappa shape index (κ1) is 22.2. The first-order valence-electron chi connectivity index (χ1n) is 10.1. The molecule has 1 aliphatic rings. The van der Waals surface area contributed by atoms with E-state index in [1.807, 2.05) is 24.3 Å². The number of hydrogen-bond acceptors (Lipinski definition) is 4. The summed E-state index contributed by atoms with van der Waals surface area (Å²) in [6, 6.07) is 7.97. The summed E-state index contributed by atoms with van der Waals surface area (Å²) in [6.45, 7) is 4.21. The van der Waals surface area contributed by atoms with E-state index in [0.29, 0.717) is 6.54 Å². The predicted molar refractivity (Wildman–Crippen MR) is 115 cm³/mol. The highest BCUT2D eigenvalue weighted by Crippen LogP contribution is 2.27. The summed E-state index contributed by atoms with van der Waals surface area (Å²) >= 11 is 0. The van der Waals surface area contributed by atoms with Gasteiger partial charge in [0.1, 0.15) is 0 Å². The van der Waals surface area contributed by atoms with Crippen molar-refractivity contribution in [2.75, 3.05) is 52.8 Å². The zero-order chi connectivity index (χ0) is 20.2. The normalized spacial score (nSPS) is 14.6. The molecule has 1 saturated carbocycles. The fourth-order valence-corrected chi connectivity index (χ4v) is 3.04. The highest BCUT2D eigenvalue weighted by atomic mass is 16.5. The summed E-state index contributed by atoms with van der Waals surface area (Å²) in [5.74, 6) is 1.11. The van der Waals surface area contributed by atoms with E-state index in [4.69, 9.17) is 4.74 Å². The number of benzene rings is 1. The Labute approximate surface area is 168 Å². The maximum Gasteiger partial charge on any atom is 0.227 e. The Morgan fingerprint density at radius 3 is 2.79 bits per heavy atom. The van der Waals surface area contributed by atoms with Crippen molar-refractivity contribution in [2.45, 2.75) is 32.2 Å². The van der Waals surface area contributed by atoms with Crippen molar-refractivity contribution in [2.24, 2.45) is 10.9 Å². The first-order chi connectivity index (χ1) is 13.6. The van der Waals surface area contributed by atoms with Crippen LogP contribution in [0.4, 0.5) is 5.69 Å². The molecule has 0 atom stereocenters. The Kier molecular flexibility index (Phi) is 9.79. The molecule has 1 aromatic carbocycles. The fraction of sp³-hybridized carbons (Fsp3) is 0.619. The molecule has 3 N–H and O–H groups in total. The van der Waals surface area contributed by atoms with Gasteiger partial charge in [0.15, 0.2) is 5.96 Å². The summed E-state index contributed by atoms with van der Waals surface area (Å²) in [5, 5.41) is 9.69. The van der Waals surface area contributed by atoms with E-state index in [1.54, 1.807) is 14.2 Å². The van der Waals surface area contributed by atoms with Crippen molar-refractivity contribution < 1.29 is 9.53 Å². The number of guanidine groups is 1. The van der Waals surface area contributed by atoms with E-state index in [1.165, 1.54) is 0 Å². The van der Waals surface area contributed by atoms with Gasteiger partial charge in [0.05, 0.1) is 0 Å². The Hall–Kier alpha value is -2.12. The second-order valence-corrected chi connectivity index (χ2v) is 7.32. The molecule has 1 amide bonds. The molecule has 28 heavy (non-hydrogen) atoms. The third-order valence-corrected chi connectivity index (χ3v) is 5.03. The van der Waals surface area contributed by atoms with E-state index >= 15 is 0 Å². The van der Waals surface area contributed by atoms with E-state index in [9.17, 15) is 4.79 Å². The standard InChI is InChI=1S/C21H35N5O2/c1-22-21(23-11-13-26(2)12-6-14-28-3)24-16-17-7-4-10-19(15-17)25-20(27)18-8-5-9-18/h4,7,10,15,18H,5-6,8-9,11-14,16H2,1-3H3,(H,25,27)(H2,22,23,24). The van der Waals surface area contributed by atoms with E-state index < -0.39 is 0 Å².